The number of ether oxygens (including phenoxy) is 2. The molecule has 0 saturated heterocycles. The number of aliphatic hydroxyl groups is 2. The van der Waals surface area contributed by atoms with E-state index in [0.29, 0.717) is 6.42 Å². The summed E-state index contributed by atoms with van der Waals surface area (Å²) in [4.78, 5) is 20.7. The fourth-order valence-corrected chi connectivity index (χ4v) is 1.96. The van der Waals surface area contributed by atoms with Crippen molar-refractivity contribution in [2.24, 2.45) is 0 Å². The second-order valence-electron chi connectivity index (χ2n) is 5.99. The largest absolute Gasteiger partial charge is 0.491 e. The molecule has 2 rings (SSSR count). The Morgan fingerprint density at radius 2 is 1.12 bits per heavy atom. The van der Waals surface area contributed by atoms with Gasteiger partial charge in [0.05, 0.1) is 26.9 Å². The van der Waals surface area contributed by atoms with Crippen LogP contribution in [-0.4, -0.2) is 59.3 Å². The number of carboxylic acids is 2. The number of hydrogen-bond acceptors (Lipinski definition) is 6. The molecule has 8 nitrogen and oxygen atoms in total. The summed E-state index contributed by atoms with van der Waals surface area (Å²) in [5.74, 6) is -14.4. The average molecular weight is 502 g/mol. The number of aliphatic hydroxyl groups excluding tert-OH is 2. The van der Waals surface area contributed by atoms with E-state index in [1.165, 1.54) is 0 Å². The Labute approximate surface area is 188 Å². The molecule has 0 aromatic heterocycles. The topological polar surface area (TPSA) is 134 Å². The predicted octanol–water partition coefficient (Wildman–Crippen LogP) is 3.37. The van der Waals surface area contributed by atoms with Crippen molar-refractivity contribution >= 4 is 11.9 Å². The Kier molecular flexibility index (Phi) is 12.5. The molecular formula is C20H20F6O8. The molecule has 0 saturated carbocycles. The number of halogens is 6. The first-order valence-corrected chi connectivity index (χ1v) is 8.97. The Bertz CT molecular complexity index is 936. The highest BCUT2D eigenvalue weighted by Gasteiger charge is 2.24. The zero-order valence-corrected chi connectivity index (χ0v) is 17.8. The summed E-state index contributed by atoms with van der Waals surface area (Å²) in [5.41, 5.74) is -1.94. The summed E-state index contributed by atoms with van der Waals surface area (Å²) in [6.07, 6.45) is 0.126. The molecule has 0 bridgehead atoms. The van der Waals surface area contributed by atoms with Crippen LogP contribution in [0.3, 0.4) is 0 Å². The third kappa shape index (κ3) is 7.81. The van der Waals surface area contributed by atoms with Gasteiger partial charge in [-0.1, -0.05) is 6.92 Å². The van der Waals surface area contributed by atoms with Crippen molar-refractivity contribution in [1.29, 1.82) is 0 Å². The quantitative estimate of drug-likeness (QED) is 0.349. The van der Waals surface area contributed by atoms with Crippen LogP contribution in [0.15, 0.2) is 12.1 Å². The first-order valence-electron chi connectivity index (χ1n) is 8.97. The molecular weight excluding hydrogens is 482 g/mol. The first-order chi connectivity index (χ1) is 15.8. The maximum atomic E-state index is 13.1. The fourth-order valence-electron chi connectivity index (χ4n) is 1.96. The molecule has 34 heavy (non-hydrogen) atoms. The van der Waals surface area contributed by atoms with E-state index in [-0.39, 0.29) is 18.7 Å². The van der Waals surface area contributed by atoms with Gasteiger partial charge in [-0.3, -0.25) is 0 Å². The Morgan fingerprint density at radius 1 is 0.794 bits per heavy atom. The number of rotatable bonds is 6. The fraction of sp³-hybridized carbons (Fsp3) is 0.300. The molecule has 0 radical (unpaired) electrons. The van der Waals surface area contributed by atoms with Gasteiger partial charge in [0.15, 0.2) is 34.8 Å². The Morgan fingerprint density at radius 3 is 1.29 bits per heavy atom. The van der Waals surface area contributed by atoms with Crippen LogP contribution < -0.4 is 9.47 Å². The van der Waals surface area contributed by atoms with Crippen molar-refractivity contribution in [2.45, 2.75) is 19.4 Å². The molecule has 2 aromatic rings. The second kappa shape index (κ2) is 13.9. The number of methoxy groups -OCH3 is 2. The summed E-state index contributed by atoms with van der Waals surface area (Å²) in [6, 6.07) is 0.519. The van der Waals surface area contributed by atoms with Gasteiger partial charge in [-0.15, -0.1) is 0 Å². The van der Waals surface area contributed by atoms with Gasteiger partial charge >= 0.3 is 11.9 Å². The van der Waals surface area contributed by atoms with E-state index < -0.39 is 75.6 Å². The van der Waals surface area contributed by atoms with Gasteiger partial charge in [-0.05, 0) is 18.6 Å². The summed E-state index contributed by atoms with van der Waals surface area (Å²) >= 11 is 0. The van der Waals surface area contributed by atoms with Crippen molar-refractivity contribution < 1.29 is 65.8 Å². The highest BCUT2D eigenvalue weighted by Crippen LogP contribution is 2.27. The molecule has 4 N–H and O–H groups in total. The molecule has 0 amide bonds. The molecule has 1 atom stereocenters. The van der Waals surface area contributed by atoms with Crippen molar-refractivity contribution in [3.05, 3.63) is 58.2 Å². The van der Waals surface area contributed by atoms with E-state index in [1.807, 2.05) is 6.92 Å². The normalized spacial score (nSPS) is 10.8. The summed E-state index contributed by atoms with van der Waals surface area (Å²) < 4.78 is 85.4. The number of carboxylic acid groups (broad SMARTS) is 2. The molecule has 14 heteroatoms. The van der Waals surface area contributed by atoms with Gasteiger partial charge in [0, 0.05) is 0 Å². The molecule has 0 spiro atoms. The molecule has 0 fully saturated rings. The van der Waals surface area contributed by atoms with Crippen LogP contribution in [0, 0.1) is 34.9 Å². The van der Waals surface area contributed by atoms with Crippen molar-refractivity contribution in [3.63, 3.8) is 0 Å². The number of hydrogen-bond donors (Lipinski definition) is 4. The molecule has 1 unspecified atom stereocenters. The minimum atomic E-state index is -1.69. The maximum absolute atomic E-state index is 13.1. The summed E-state index contributed by atoms with van der Waals surface area (Å²) in [5, 5.41) is 33.3. The molecule has 0 aliphatic heterocycles. The Hall–Kier alpha value is -3.52. The van der Waals surface area contributed by atoms with E-state index >= 15 is 0 Å². The van der Waals surface area contributed by atoms with Crippen molar-refractivity contribution in [2.75, 3.05) is 20.8 Å². The third-order valence-corrected chi connectivity index (χ3v) is 3.78. The lowest BCUT2D eigenvalue weighted by atomic mass is 10.2. The first kappa shape index (κ1) is 30.5. The zero-order valence-electron chi connectivity index (χ0n) is 17.8. The molecule has 0 aliphatic carbocycles. The standard InChI is InChI=1S/2C8H5F3O3.C4H10O2/c2*1-14-7-5(10)3(8(12)13)2-4(9)6(7)11;1-2-4(6)3-5/h2*2H,1H3,(H,12,13);4-6H,2-3H2,1H3. The van der Waals surface area contributed by atoms with Crippen LogP contribution in [0.25, 0.3) is 0 Å². The van der Waals surface area contributed by atoms with E-state index in [1.54, 1.807) is 0 Å². The van der Waals surface area contributed by atoms with E-state index in [4.69, 9.17) is 20.4 Å². The average Bonchev–Trinajstić information content (AvgIpc) is 2.79. The van der Waals surface area contributed by atoms with Gasteiger partial charge < -0.3 is 29.9 Å². The van der Waals surface area contributed by atoms with Crippen LogP contribution in [0.2, 0.25) is 0 Å². The molecule has 190 valence electrons. The van der Waals surface area contributed by atoms with Gasteiger partial charge in [-0.25, -0.2) is 27.2 Å². The smallest absolute Gasteiger partial charge is 0.338 e. The van der Waals surface area contributed by atoms with Crippen LogP contribution in [0.1, 0.15) is 34.1 Å². The lowest BCUT2D eigenvalue weighted by molar-refractivity contribution is 0.0679. The van der Waals surface area contributed by atoms with Gasteiger partial charge in [0.1, 0.15) is 11.1 Å². The van der Waals surface area contributed by atoms with Crippen LogP contribution in [-0.2, 0) is 0 Å². The predicted molar refractivity (Wildman–Crippen MR) is 103 cm³/mol. The minimum absolute atomic E-state index is 0.115. The highest BCUT2D eigenvalue weighted by atomic mass is 19.2. The van der Waals surface area contributed by atoms with E-state index in [9.17, 15) is 35.9 Å². The highest BCUT2D eigenvalue weighted by molar-refractivity contribution is 5.89. The SMILES string of the molecule is CCC(O)CO.COc1c(F)c(F)cc(C(=O)O)c1F.COc1c(F)c(F)cc(C(=O)O)c1F. The van der Waals surface area contributed by atoms with Gasteiger partial charge in [0.25, 0.3) is 0 Å². The van der Waals surface area contributed by atoms with Gasteiger partial charge in [-0.2, -0.15) is 8.78 Å². The summed E-state index contributed by atoms with van der Waals surface area (Å²) in [6.45, 7) is 1.71. The maximum Gasteiger partial charge on any atom is 0.338 e. The van der Waals surface area contributed by atoms with Crippen LogP contribution in [0.4, 0.5) is 26.3 Å². The number of benzene rings is 2. The van der Waals surface area contributed by atoms with Crippen molar-refractivity contribution in [3.8, 4) is 11.5 Å². The van der Waals surface area contributed by atoms with Crippen molar-refractivity contribution in [1.82, 2.24) is 0 Å². The Balaban J connectivity index is 0.000000521. The monoisotopic (exact) mass is 502 g/mol. The molecule has 2 aromatic carbocycles. The number of aromatic carboxylic acids is 2. The molecule has 0 aliphatic rings. The summed E-state index contributed by atoms with van der Waals surface area (Å²) in [7, 11) is 1.82. The lowest BCUT2D eigenvalue weighted by Crippen LogP contribution is -2.08. The molecule has 0 heterocycles. The lowest BCUT2D eigenvalue weighted by Gasteiger charge is -2.06. The zero-order chi connectivity index (χ0) is 26.7. The van der Waals surface area contributed by atoms with Crippen LogP contribution in [0.5, 0.6) is 11.5 Å². The van der Waals surface area contributed by atoms with E-state index in [0.717, 1.165) is 14.2 Å². The van der Waals surface area contributed by atoms with Crippen LogP contribution >= 0.6 is 0 Å². The number of carbonyl (C=O) groups is 2. The third-order valence-electron chi connectivity index (χ3n) is 3.78. The van der Waals surface area contributed by atoms with Gasteiger partial charge in [0.2, 0.25) is 11.6 Å². The minimum Gasteiger partial charge on any atom is -0.491 e. The van der Waals surface area contributed by atoms with E-state index in [2.05, 4.69) is 9.47 Å². The second-order valence-corrected chi connectivity index (χ2v) is 5.99.